The van der Waals surface area contributed by atoms with Crippen molar-refractivity contribution in [1.82, 2.24) is 0 Å². The lowest BCUT2D eigenvalue weighted by molar-refractivity contribution is -0.386. The molecule has 1 aromatic rings. The van der Waals surface area contributed by atoms with Crippen LogP contribution >= 0.6 is 10.7 Å². The highest BCUT2D eigenvalue weighted by molar-refractivity contribution is 8.13. The van der Waals surface area contributed by atoms with Crippen LogP contribution in [0.5, 0.6) is 5.75 Å². The molecule has 0 aliphatic carbocycles. The van der Waals surface area contributed by atoms with Gasteiger partial charge in [0.25, 0.3) is 9.05 Å². The molecule has 0 unspecified atom stereocenters. The molecular formula is C7H4ClNO7S. The van der Waals surface area contributed by atoms with Crippen LogP contribution in [0.25, 0.3) is 0 Å². The molecule has 0 heterocycles. The molecule has 0 amide bonds. The van der Waals surface area contributed by atoms with E-state index in [1.165, 1.54) is 0 Å². The fraction of sp³-hybridized carbons (Fsp3) is 0. The predicted molar refractivity (Wildman–Crippen MR) is 54.8 cm³/mol. The van der Waals surface area contributed by atoms with Gasteiger partial charge in [-0.1, -0.05) is 0 Å². The fourth-order valence-corrected chi connectivity index (χ4v) is 2.00. The van der Waals surface area contributed by atoms with Crippen LogP contribution in [0.15, 0.2) is 17.0 Å². The molecule has 17 heavy (non-hydrogen) atoms. The van der Waals surface area contributed by atoms with Gasteiger partial charge in [-0.15, -0.1) is 0 Å². The normalized spacial score (nSPS) is 11.1. The summed E-state index contributed by atoms with van der Waals surface area (Å²) in [5.74, 6) is -2.79. The van der Waals surface area contributed by atoms with Crippen LogP contribution in [0.4, 0.5) is 5.69 Å². The van der Waals surface area contributed by atoms with Crippen molar-refractivity contribution in [1.29, 1.82) is 0 Å². The summed E-state index contributed by atoms with van der Waals surface area (Å²) in [6, 6.07) is 1.07. The Labute approximate surface area is 98.6 Å². The van der Waals surface area contributed by atoms with Gasteiger partial charge in [-0.05, 0) is 6.07 Å². The number of hydrogen-bond acceptors (Lipinski definition) is 6. The zero-order chi connectivity index (χ0) is 13.4. The Morgan fingerprint density at radius 2 is 1.94 bits per heavy atom. The van der Waals surface area contributed by atoms with Crippen LogP contribution in [0.1, 0.15) is 10.4 Å². The first kappa shape index (κ1) is 13.2. The number of rotatable bonds is 3. The van der Waals surface area contributed by atoms with Crippen molar-refractivity contribution in [3.05, 3.63) is 27.8 Å². The van der Waals surface area contributed by atoms with Crippen molar-refractivity contribution < 1.29 is 28.3 Å². The Hall–Kier alpha value is -1.87. The molecule has 0 aliphatic rings. The number of carboxylic acid groups (broad SMARTS) is 1. The van der Waals surface area contributed by atoms with Crippen LogP contribution < -0.4 is 0 Å². The third-order valence-corrected chi connectivity index (χ3v) is 3.10. The highest BCUT2D eigenvalue weighted by atomic mass is 35.7. The van der Waals surface area contributed by atoms with E-state index in [1.807, 2.05) is 0 Å². The van der Waals surface area contributed by atoms with Crippen LogP contribution in [-0.2, 0) is 9.05 Å². The van der Waals surface area contributed by atoms with Crippen molar-refractivity contribution in [2.24, 2.45) is 0 Å². The van der Waals surface area contributed by atoms with Gasteiger partial charge in [-0.3, -0.25) is 10.1 Å². The highest BCUT2D eigenvalue weighted by Crippen LogP contribution is 2.35. The topological polar surface area (TPSA) is 135 Å². The molecular weight excluding hydrogens is 278 g/mol. The number of aromatic carboxylic acids is 1. The second kappa shape index (κ2) is 4.18. The number of hydrogen-bond donors (Lipinski definition) is 2. The van der Waals surface area contributed by atoms with Gasteiger partial charge in [0.1, 0.15) is 4.90 Å². The van der Waals surface area contributed by atoms with Crippen LogP contribution in [0.2, 0.25) is 0 Å². The zero-order valence-electron chi connectivity index (χ0n) is 7.82. The number of aromatic hydroxyl groups is 1. The summed E-state index contributed by atoms with van der Waals surface area (Å²) < 4.78 is 22.0. The van der Waals surface area contributed by atoms with Gasteiger partial charge in [0.15, 0.2) is 0 Å². The molecule has 92 valence electrons. The Morgan fingerprint density at radius 1 is 1.41 bits per heavy atom. The molecule has 0 spiro atoms. The molecule has 0 bridgehead atoms. The van der Waals surface area contributed by atoms with Gasteiger partial charge in [0, 0.05) is 16.7 Å². The summed E-state index contributed by atoms with van der Waals surface area (Å²) in [6.45, 7) is 0. The number of nitro benzene ring substituents is 1. The van der Waals surface area contributed by atoms with E-state index < -0.39 is 41.8 Å². The molecule has 10 heteroatoms. The second-order valence-corrected chi connectivity index (χ2v) is 5.38. The summed E-state index contributed by atoms with van der Waals surface area (Å²) >= 11 is 0. The first-order valence-electron chi connectivity index (χ1n) is 3.84. The van der Waals surface area contributed by atoms with Gasteiger partial charge < -0.3 is 10.2 Å². The van der Waals surface area contributed by atoms with Crippen molar-refractivity contribution >= 4 is 31.4 Å². The molecule has 1 aromatic carbocycles. The number of phenolic OH excluding ortho intramolecular Hbond substituents is 1. The summed E-state index contributed by atoms with van der Waals surface area (Å²) in [5.41, 5.74) is -1.72. The second-order valence-electron chi connectivity index (χ2n) is 2.84. The monoisotopic (exact) mass is 281 g/mol. The number of halogens is 1. The lowest BCUT2D eigenvalue weighted by Gasteiger charge is -2.03. The molecule has 0 fully saturated rings. The summed E-state index contributed by atoms with van der Waals surface area (Å²) in [4.78, 5) is 19.0. The van der Waals surface area contributed by atoms with E-state index in [4.69, 9.17) is 15.8 Å². The van der Waals surface area contributed by atoms with E-state index in [0.29, 0.717) is 12.1 Å². The molecule has 0 saturated heterocycles. The van der Waals surface area contributed by atoms with E-state index in [1.54, 1.807) is 0 Å². The smallest absolute Gasteiger partial charge is 0.335 e. The third-order valence-electron chi connectivity index (χ3n) is 1.76. The van der Waals surface area contributed by atoms with Crippen LogP contribution in [-0.4, -0.2) is 29.5 Å². The lowest BCUT2D eigenvalue weighted by atomic mass is 10.2. The number of nitrogens with zero attached hydrogens (tertiary/aromatic N) is 1. The summed E-state index contributed by atoms with van der Waals surface area (Å²) in [6.07, 6.45) is 0. The lowest BCUT2D eigenvalue weighted by Crippen LogP contribution is -2.03. The number of benzene rings is 1. The fourth-order valence-electron chi connectivity index (χ4n) is 1.04. The van der Waals surface area contributed by atoms with Crippen molar-refractivity contribution in [2.75, 3.05) is 0 Å². The van der Waals surface area contributed by atoms with Gasteiger partial charge in [-0.25, -0.2) is 13.2 Å². The van der Waals surface area contributed by atoms with Gasteiger partial charge in [-0.2, -0.15) is 0 Å². The third kappa shape index (κ3) is 2.63. The molecule has 2 N–H and O–H groups in total. The SMILES string of the molecule is O=C(O)c1cc([N+](=O)[O-])c(O)c(S(=O)(=O)Cl)c1. The molecule has 0 atom stereocenters. The van der Waals surface area contributed by atoms with Crippen LogP contribution in [0, 0.1) is 10.1 Å². The van der Waals surface area contributed by atoms with E-state index in [9.17, 15) is 28.4 Å². The minimum Gasteiger partial charge on any atom is -0.501 e. The Kier molecular flexibility index (Phi) is 3.25. The maximum atomic E-state index is 11.0. The van der Waals surface area contributed by atoms with Crippen molar-refractivity contribution in [3.8, 4) is 5.75 Å². The van der Waals surface area contributed by atoms with Crippen molar-refractivity contribution in [3.63, 3.8) is 0 Å². The predicted octanol–water partition coefficient (Wildman–Crippen LogP) is 0.926. The quantitative estimate of drug-likeness (QED) is 0.478. The molecule has 0 radical (unpaired) electrons. The first-order valence-corrected chi connectivity index (χ1v) is 6.15. The van der Waals surface area contributed by atoms with Gasteiger partial charge in [0.2, 0.25) is 5.75 Å². The Morgan fingerprint density at radius 3 is 2.29 bits per heavy atom. The first-order chi connectivity index (χ1) is 7.64. The number of carboxylic acids is 1. The number of nitro groups is 1. The molecule has 8 nitrogen and oxygen atoms in total. The minimum absolute atomic E-state index is 0.531. The standard InChI is InChI=1S/C7H4ClNO7S/c8-17(15,16)5-2-3(7(11)12)1-4(6(5)10)9(13)14/h1-2,10H,(H,11,12). The summed E-state index contributed by atoms with van der Waals surface area (Å²) in [7, 11) is 0.423. The Bertz CT molecular complexity index is 609. The average molecular weight is 282 g/mol. The average Bonchev–Trinajstić information content (AvgIpc) is 2.15. The van der Waals surface area contributed by atoms with Crippen molar-refractivity contribution in [2.45, 2.75) is 4.90 Å². The maximum Gasteiger partial charge on any atom is 0.335 e. The van der Waals surface area contributed by atoms with E-state index >= 15 is 0 Å². The summed E-state index contributed by atoms with van der Waals surface area (Å²) in [5, 5.41) is 28.4. The van der Waals surface area contributed by atoms with E-state index in [-0.39, 0.29) is 0 Å². The number of phenols is 1. The molecule has 0 aromatic heterocycles. The Balaban J connectivity index is 3.73. The number of carbonyl (C=O) groups is 1. The molecule has 1 rings (SSSR count). The van der Waals surface area contributed by atoms with E-state index in [0.717, 1.165) is 0 Å². The molecule has 0 aliphatic heterocycles. The highest BCUT2D eigenvalue weighted by Gasteiger charge is 2.27. The zero-order valence-corrected chi connectivity index (χ0v) is 9.40. The largest absolute Gasteiger partial charge is 0.501 e. The van der Waals surface area contributed by atoms with E-state index in [2.05, 4.69) is 0 Å². The maximum absolute atomic E-state index is 11.0. The molecule has 0 saturated carbocycles. The van der Waals surface area contributed by atoms with Crippen LogP contribution in [0.3, 0.4) is 0 Å². The van der Waals surface area contributed by atoms with Gasteiger partial charge in [0.05, 0.1) is 10.5 Å². The minimum atomic E-state index is -4.49. The van der Waals surface area contributed by atoms with Gasteiger partial charge >= 0.3 is 11.7 Å².